The van der Waals surface area contributed by atoms with Crippen LogP contribution in [0.1, 0.15) is 63.5 Å². The first kappa shape index (κ1) is 28.0. The van der Waals surface area contributed by atoms with Crippen molar-refractivity contribution in [1.82, 2.24) is 10.2 Å². The maximum Gasteiger partial charge on any atom is 0.244 e. The van der Waals surface area contributed by atoms with Gasteiger partial charge in [-0.05, 0) is 55.0 Å². The number of nitrogens with one attached hydrogen (secondary N) is 1. The lowest BCUT2D eigenvalue weighted by Gasteiger charge is -2.32. The van der Waals surface area contributed by atoms with Crippen LogP contribution in [0.25, 0.3) is 0 Å². The third-order valence-corrected chi connectivity index (χ3v) is 7.98. The molecule has 1 aliphatic carbocycles. The van der Waals surface area contributed by atoms with Crippen molar-refractivity contribution in [3.63, 3.8) is 0 Å². The van der Waals surface area contributed by atoms with Gasteiger partial charge in [0.15, 0.2) is 0 Å². The average Bonchev–Trinajstić information content (AvgIpc) is 3.32. The van der Waals surface area contributed by atoms with Crippen molar-refractivity contribution < 1.29 is 18.0 Å². The van der Waals surface area contributed by atoms with E-state index in [4.69, 9.17) is 11.6 Å². The number of amides is 2. The first-order valence-corrected chi connectivity index (χ1v) is 14.6. The van der Waals surface area contributed by atoms with Gasteiger partial charge in [0.05, 0.1) is 11.9 Å². The van der Waals surface area contributed by atoms with E-state index in [1.165, 1.54) is 4.90 Å². The van der Waals surface area contributed by atoms with E-state index < -0.39 is 28.5 Å². The van der Waals surface area contributed by atoms with Crippen LogP contribution in [-0.4, -0.2) is 50.0 Å². The maximum absolute atomic E-state index is 13.7. The second-order valence-electron chi connectivity index (χ2n) is 9.80. The van der Waals surface area contributed by atoms with E-state index in [0.29, 0.717) is 10.7 Å². The highest BCUT2D eigenvalue weighted by atomic mass is 35.5. The third-order valence-electron chi connectivity index (χ3n) is 6.62. The zero-order chi connectivity index (χ0) is 26.5. The van der Waals surface area contributed by atoms with Gasteiger partial charge in [-0.15, -0.1) is 0 Å². The summed E-state index contributed by atoms with van der Waals surface area (Å²) in [6, 6.07) is 13.6. The quantitative estimate of drug-likeness (QED) is 0.479. The van der Waals surface area contributed by atoms with Crippen molar-refractivity contribution in [3.05, 3.63) is 64.7 Å². The Kier molecular flexibility index (Phi) is 9.41. The molecule has 9 heteroatoms. The Morgan fingerprint density at radius 1 is 1.06 bits per heavy atom. The van der Waals surface area contributed by atoms with Crippen molar-refractivity contribution >= 4 is 39.1 Å². The predicted octanol–water partition coefficient (Wildman–Crippen LogP) is 4.71. The van der Waals surface area contributed by atoms with Gasteiger partial charge in [-0.3, -0.25) is 13.9 Å². The Bertz CT molecular complexity index is 1180. The summed E-state index contributed by atoms with van der Waals surface area (Å²) in [6.45, 7) is 5.34. The van der Waals surface area contributed by atoms with E-state index >= 15 is 0 Å². The predicted molar refractivity (Wildman–Crippen MR) is 145 cm³/mol. The number of rotatable bonds is 10. The number of hydrogen-bond acceptors (Lipinski definition) is 4. The first-order valence-electron chi connectivity index (χ1n) is 12.4. The van der Waals surface area contributed by atoms with Crippen LogP contribution in [0.4, 0.5) is 5.69 Å². The van der Waals surface area contributed by atoms with Crippen molar-refractivity contribution in [1.29, 1.82) is 0 Å². The molecule has 0 saturated heterocycles. The fourth-order valence-electron chi connectivity index (χ4n) is 4.60. The minimum absolute atomic E-state index is 0.0548. The zero-order valence-electron chi connectivity index (χ0n) is 21.4. The summed E-state index contributed by atoms with van der Waals surface area (Å²) >= 11 is 6.16. The molecule has 0 heterocycles. The first-order chi connectivity index (χ1) is 17.0. The second kappa shape index (κ2) is 12.1. The molecule has 36 heavy (non-hydrogen) atoms. The van der Waals surface area contributed by atoms with Crippen molar-refractivity contribution in [2.75, 3.05) is 17.1 Å². The Labute approximate surface area is 219 Å². The second-order valence-corrected chi connectivity index (χ2v) is 12.1. The van der Waals surface area contributed by atoms with E-state index in [-0.39, 0.29) is 24.4 Å². The van der Waals surface area contributed by atoms with Crippen LogP contribution < -0.4 is 9.62 Å². The highest BCUT2D eigenvalue weighted by Crippen LogP contribution is 2.29. The van der Waals surface area contributed by atoms with Crippen molar-refractivity contribution in [2.45, 2.75) is 71.0 Å². The summed E-state index contributed by atoms with van der Waals surface area (Å²) in [5.74, 6) is -0.655. The molecule has 1 atom stereocenters. The molecule has 2 aromatic carbocycles. The van der Waals surface area contributed by atoms with Crippen LogP contribution in [0.5, 0.6) is 0 Å². The molecule has 0 radical (unpaired) electrons. The van der Waals surface area contributed by atoms with E-state index in [1.807, 2.05) is 32.0 Å². The Balaban J connectivity index is 1.93. The molecule has 1 saturated carbocycles. The number of anilines is 1. The summed E-state index contributed by atoms with van der Waals surface area (Å²) < 4.78 is 26.9. The normalized spacial score (nSPS) is 15.1. The lowest BCUT2D eigenvalue weighted by molar-refractivity contribution is -0.139. The summed E-state index contributed by atoms with van der Waals surface area (Å²) in [6.07, 6.45) is 5.09. The number of halogens is 1. The number of benzene rings is 2. The topological polar surface area (TPSA) is 86.8 Å². The van der Waals surface area contributed by atoms with Crippen LogP contribution in [-0.2, 0) is 26.2 Å². The van der Waals surface area contributed by atoms with Gasteiger partial charge in [0.25, 0.3) is 0 Å². The van der Waals surface area contributed by atoms with E-state index in [0.717, 1.165) is 47.4 Å². The Hall–Kier alpha value is -2.58. The van der Waals surface area contributed by atoms with Crippen LogP contribution in [0.2, 0.25) is 5.02 Å². The largest absolute Gasteiger partial charge is 0.352 e. The number of carbonyl (C=O) groups is 2. The Morgan fingerprint density at radius 2 is 1.72 bits per heavy atom. The van der Waals surface area contributed by atoms with Crippen molar-refractivity contribution in [2.24, 2.45) is 0 Å². The third kappa shape index (κ3) is 7.23. The van der Waals surface area contributed by atoms with Gasteiger partial charge in [0.2, 0.25) is 21.8 Å². The molecule has 0 aromatic heterocycles. The number of carbonyl (C=O) groups excluding carboxylic acids is 2. The molecular formula is C27H36ClN3O4S. The van der Waals surface area contributed by atoms with E-state index in [1.54, 1.807) is 37.3 Å². The summed E-state index contributed by atoms with van der Waals surface area (Å²) in [5, 5.41) is 3.58. The molecule has 196 valence electrons. The number of nitrogens with zero attached hydrogens (tertiary/aromatic N) is 2. The number of sulfonamides is 1. The standard InChI is InChI=1S/C27H36ClN3O4S/c1-19(2)24-14-7-8-15-25(24)31(36(4,34)35)18-26(32)30(17-21-10-9-11-22(28)16-21)20(3)27(33)29-23-12-5-6-13-23/h7-11,14-16,19-20,23H,5-6,12-13,17-18H2,1-4H3,(H,29,33)/t20-/m0/s1. The molecule has 1 fully saturated rings. The molecule has 0 unspecified atom stereocenters. The van der Waals surface area contributed by atoms with Crippen molar-refractivity contribution in [3.8, 4) is 0 Å². The molecule has 1 N–H and O–H groups in total. The minimum atomic E-state index is -3.78. The van der Waals surface area contributed by atoms with Gasteiger partial charge in [0.1, 0.15) is 12.6 Å². The van der Waals surface area contributed by atoms with Gasteiger partial charge < -0.3 is 10.2 Å². The van der Waals surface area contributed by atoms with Crippen LogP contribution in [0.3, 0.4) is 0 Å². The smallest absolute Gasteiger partial charge is 0.244 e. The zero-order valence-corrected chi connectivity index (χ0v) is 23.0. The fraction of sp³-hybridized carbons (Fsp3) is 0.481. The Morgan fingerprint density at radius 3 is 2.33 bits per heavy atom. The van der Waals surface area contributed by atoms with Gasteiger partial charge in [0, 0.05) is 17.6 Å². The van der Waals surface area contributed by atoms with Gasteiger partial charge in [-0.1, -0.05) is 68.6 Å². The van der Waals surface area contributed by atoms with Crippen LogP contribution in [0, 0.1) is 0 Å². The minimum Gasteiger partial charge on any atom is -0.352 e. The summed E-state index contributed by atoms with van der Waals surface area (Å²) in [4.78, 5) is 28.3. The molecule has 0 aliphatic heterocycles. The monoisotopic (exact) mass is 533 g/mol. The van der Waals surface area contributed by atoms with Crippen LogP contribution >= 0.6 is 11.6 Å². The highest BCUT2D eigenvalue weighted by molar-refractivity contribution is 7.92. The van der Waals surface area contributed by atoms with E-state index in [2.05, 4.69) is 5.32 Å². The number of hydrogen-bond donors (Lipinski definition) is 1. The average molecular weight is 534 g/mol. The molecule has 7 nitrogen and oxygen atoms in total. The molecule has 2 aromatic rings. The molecular weight excluding hydrogens is 498 g/mol. The van der Waals surface area contributed by atoms with Gasteiger partial charge in [-0.25, -0.2) is 8.42 Å². The van der Waals surface area contributed by atoms with Gasteiger partial charge in [-0.2, -0.15) is 0 Å². The maximum atomic E-state index is 13.7. The number of para-hydroxylation sites is 1. The molecule has 3 rings (SSSR count). The van der Waals surface area contributed by atoms with E-state index in [9.17, 15) is 18.0 Å². The fourth-order valence-corrected chi connectivity index (χ4v) is 5.69. The molecule has 0 bridgehead atoms. The van der Waals surface area contributed by atoms with Gasteiger partial charge >= 0.3 is 0 Å². The molecule has 0 spiro atoms. The lowest BCUT2D eigenvalue weighted by Crippen LogP contribution is -2.52. The highest BCUT2D eigenvalue weighted by Gasteiger charge is 2.32. The molecule has 1 aliphatic rings. The lowest BCUT2D eigenvalue weighted by atomic mass is 10.0. The molecule has 2 amide bonds. The summed E-state index contributed by atoms with van der Waals surface area (Å²) in [5.41, 5.74) is 2.04. The van der Waals surface area contributed by atoms with Crippen LogP contribution in [0.15, 0.2) is 48.5 Å². The summed E-state index contributed by atoms with van der Waals surface area (Å²) in [7, 11) is -3.78. The SMILES string of the molecule is CC(C)c1ccccc1N(CC(=O)N(Cc1cccc(Cl)c1)[C@@H](C)C(=O)NC1CCCC1)S(C)(=O)=O.